The fourth-order valence-electron chi connectivity index (χ4n) is 0.482. The molecule has 4 nitrogen and oxygen atoms in total. The fraction of sp³-hybridized carbons (Fsp3) is 0.667. The van der Waals surface area contributed by atoms with E-state index in [0.717, 1.165) is 0 Å². The SMILES string of the molecule is C[C@H](CCC(N)=O)C(=O)O. The van der Waals surface area contributed by atoms with Gasteiger partial charge in [-0.05, 0) is 6.42 Å². The highest BCUT2D eigenvalue weighted by Crippen LogP contribution is 2.03. The van der Waals surface area contributed by atoms with Gasteiger partial charge in [-0.1, -0.05) is 6.92 Å². The van der Waals surface area contributed by atoms with Crippen molar-refractivity contribution in [3.8, 4) is 0 Å². The van der Waals surface area contributed by atoms with Crippen LogP contribution in [0.5, 0.6) is 0 Å². The van der Waals surface area contributed by atoms with Gasteiger partial charge in [-0.3, -0.25) is 9.59 Å². The Kier molecular flexibility index (Phi) is 3.46. The number of hydrogen-bond acceptors (Lipinski definition) is 2. The van der Waals surface area contributed by atoms with Crippen molar-refractivity contribution in [1.29, 1.82) is 0 Å². The van der Waals surface area contributed by atoms with Crippen molar-refractivity contribution in [2.75, 3.05) is 0 Å². The number of carbonyl (C=O) groups is 2. The molecular formula is C6H11NO3. The molecule has 0 aromatic heterocycles. The van der Waals surface area contributed by atoms with Crippen LogP contribution < -0.4 is 5.73 Å². The van der Waals surface area contributed by atoms with Crippen LogP contribution in [-0.4, -0.2) is 17.0 Å². The topological polar surface area (TPSA) is 80.4 Å². The number of carboxylic acid groups (broad SMARTS) is 1. The van der Waals surface area contributed by atoms with Gasteiger partial charge >= 0.3 is 5.97 Å². The zero-order valence-corrected chi connectivity index (χ0v) is 5.83. The van der Waals surface area contributed by atoms with Gasteiger partial charge in [0.1, 0.15) is 0 Å². The molecule has 58 valence electrons. The van der Waals surface area contributed by atoms with Crippen LogP contribution in [0.25, 0.3) is 0 Å². The standard InChI is InChI=1S/C6H11NO3/c1-4(6(9)10)2-3-5(7)8/h4H,2-3H2,1H3,(H2,7,8)(H,9,10)/t4-/m1/s1. The van der Waals surface area contributed by atoms with Crippen LogP contribution in [0.2, 0.25) is 0 Å². The van der Waals surface area contributed by atoms with E-state index in [1.165, 1.54) is 0 Å². The molecule has 0 aromatic rings. The van der Waals surface area contributed by atoms with Gasteiger partial charge in [-0.15, -0.1) is 0 Å². The first-order chi connectivity index (χ1) is 4.54. The van der Waals surface area contributed by atoms with Crippen molar-refractivity contribution >= 4 is 11.9 Å². The molecule has 0 aliphatic carbocycles. The summed E-state index contributed by atoms with van der Waals surface area (Å²) in [7, 11) is 0. The molecule has 4 heteroatoms. The summed E-state index contributed by atoms with van der Waals surface area (Å²) in [5.74, 6) is -1.82. The Bertz CT molecular complexity index is 144. The number of hydrogen-bond donors (Lipinski definition) is 2. The first-order valence-electron chi connectivity index (χ1n) is 3.05. The van der Waals surface area contributed by atoms with E-state index in [1.807, 2.05) is 0 Å². The highest BCUT2D eigenvalue weighted by molar-refractivity contribution is 5.75. The summed E-state index contributed by atoms with van der Waals surface area (Å²) in [4.78, 5) is 20.3. The second kappa shape index (κ2) is 3.87. The molecule has 0 aliphatic rings. The second-order valence-corrected chi connectivity index (χ2v) is 2.24. The normalized spacial score (nSPS) is 12.5. The Balaban J connectivity index is 3.49. The van der Waals surface area contributed by atoms with Crippen LogP contribution in [0, 0.1) is 5.92 Å². The summed E-state index contributed by atoms with van der Waals surface area (Å²) in [6.07, 6.45) is 0.470. The van der Waals surface area contributed by atoms with Gasteiger partial charge in [0.25, 0.3) is 0 Å². The third-order valence-corrected chi connectivity index (χ3v) is 1.25. The number of nitrogens with two attached hydrogens (primary N) is 1. The Labute approximate surface area is 59.0 Å². The predicted octanol–water partition coefficient (Wildman–Crippen LogP) is -0.0274. The van der Waals surface area contributed by atoms with Gasteiger partial charge < -0.3 is 10.8 Å². The lowest BCUT2D eigenvalue weighted by molar-refractivity contribution is -0.141. The second-order valence-electron chi connectivity index (χ2n) is 2.24. The first kappa shape index (κ1) is 8.94. The predicted molar refractivity (Wildman–Crippen MR) is 35.2 cm³/mol. The maximum atomic E-state index is 10.2. The highest BCUT2D eigenvalue weighted by Gasteiger charge is 2.10. The van der Waals surface area contributed by atoms with Crippen LogP contribution in [-0.2, 0) is 9.59 Å². The molecule has 0 spiro atoms. The van der Waals surface area contributed by atoms with Crippen molar-refractivity contribution in [2.24, 2.45) is 11.7 Å². The lowest BCUT2D eigenvalue weighted by Crippen LogP contribution is -2.15. The van der Waals surface area contributed by atoms with Crippen molar-refractivity contribution in [3.05, 3.63) is 0 Å². The molecule has 0 aromatic carbocycles. The van der Waals surface area contributed by atoms with Crippen molar-refractivity contribution < 1.29 is 14.7 Å². The lowest BCUT2D eigenvalue weighted by Gasteiger charge is -2.01. The van der Waals surface area contributed by atoms with Crippen LogP contribution in [0.15, 0.2) is 0 Å². The third kappa shape index (κ3) is 3.88. The average Bonchev–Trinajstić information content (AvgIpc) is 1.82. The number of carbonyl (C=O) groups excluding carboxylic acids is 1. The molecule has 1 amide bonds. The van der Waals surface area contributed by atoms with Gasteiger partial charge in [0, 0.05) is 6.42 Å². The minimum atomic E-state index is -0.888. The van der Waals surface area contributed by atoms with Crippen molar-refractivity contribution in [2.45, 2.75) is 19.8 Å². The molecule has 3 N–H and O–H groups in total. The minimum Gasteiger partial charge on any atom is -0.481 e. The van der Waals surface area contributed by atoms with E-state index in [9.17, 15) is 9.59 Å². The fourth-order valence-corrected chi connectivity index (χ4v) is 0.482. The van der Waals surface area contributed by atoms with Gasteiger partial charge in [-0.2, -0.15) is 0 Å². The molecule has 0 saturated heterocycles. The molecule has 0 fully saturated rings. The molecule has 0 saturated carbocycles. The van der Waals surface area contributed by atoms with E-state index in [1.54, 1.807) is 6.92 Å². The molecule has 0 heterocycles. The smallest absolute Gasteiger partial charge is 0.306 e. The molecule has 0 rings (SSSR count). The number of carboxylic acids is 1. The number of rotatable bonds is 4. The van der Waals surface area contributed by atoms with E-state index in [2.05, 4.69) is 0 Å². The summed E-state index contributed by atoms with van der Waals surface area (Å²) >= 11 is 0. The average molecular weight is 145 g/mol. The largest absolute Gasteiger partial charge is 0.481 e. The van der Waals surface area contributed by atoms with Gasteiger partial charge in [-0.25, -0.2) is 0 Å². The first-order valence-corrected chi connectivity index (χ1v) is 3.05. The lowest BCUT2D eigenvalue weighted by atomic mass is 10.1. The maximum absolute atomic E-state index is 10.2. The Morgan fingerprint density at radius 1 is 1.60 bits per heavy atom. The molecule has 0 unspecified atom stereocenters. The summed E-state index contributed by atoms with van der Waals surface area (Å²) in [5, 5.41) is 8.34. The van der Waals surface area contributed by atoms with E-state index >= 15 is 0 Å². The summed E-state index contributed by atoms with van der Waals surface area (Å²) < 4.78 is 0. The zero-order chi connectivity index (χ0) is 8.15. The van der Waals surface area contributed by atoms with Crippen LogP contribution in [0.3, 0.4) is 0 Å². The van der Waals surface area contributed by atoms with Gasteiger partial charge in [0.2, 0.25) is 5.91 Å². The van der Waals surface area contributed by atoms with Crippen LogP contribution >= 0.6 is 0 Å². The van der Waals surface area contributed by atoms with Crippen LogP contribution in [0.1, 0.15) is 19.8 Å². The highest BCUT2D eigenvalue weighted by atomic mass is 16.4. The Hall–Kier alpha value is -1.06. The van der Waals surface area contributed by atoms with E-state index in [-0.39, 0.29) is 6.42 Å². The number of aliphatic carboxylic acids is 1. The number of primary amides is 1. The maximum Gasteiger partial charge on any atom is 0.306 e. The molecule has 10 heavy (non-hydrogen) atoms. The molecule has 0 bridgehead atoms. The Morgan fingerprint density at radius 2 is 2.10 bits per heavy atom. The third-order valence-electron chi connectivity index (χ3n) is 1.25. The number of amides is 1. The minimum absolute atomic E-state index is 0.146. The van der Waals surface area contributed by atoms with E-state index < -0.39 is 17.8 Å². The van der Waals surface area contributed by atoms with Gasteiger partial charge in [0.05, 0.1) is 5.92 Å². The van der Waals surface area contributed by atoms with Crippen molar-refractivity contribution in [3.63, 3.8) is 0 Å². The molecule has 0 radical (unpaired) electrons. The monoisotopic (exact) mass is 145 g/mol. The van der Waals surface area contributed by atoms with Crippen molar-refractivity contribution in [1.82, 2.24) is 0 Å². The Morgan fingerprint density at radius 3 is 2.40 bits per heavy atom. The van der Waals surface area contributed by atoms with E-state index in [0.29, 0.717) is 6.42 Å². The summed E-state index contributed by atoms with van der Waals surface area (Å²) in [6.45, 7) is 1.55. The molecule has 0 aliphatic heterocycles. The van der Waals surface area contributed by atoms with Crippen LogP contribution in [0.4, 0.5) is 0 Å². The summed E-state index contributed by atoms with van der Waals surface area (Å²) in [6, 6.07) is 0. The summed E-state index contributed by atoms with van der Waals surface area (Å²) in [5.41, 5.74) is 4.81. The quantitative estimate of drug-likeness (QED) is 0.583. The van der Waals surface area contributed by atoms with Gasteiger partial charge in [0.15, 0.2) is 0 Å². The molecular weight excluding hydrogens is 134 g/mol. The zero-order valence-electron chi connectivity index (χ0n) is 5.83. The van der Waals surface area contributed by atoms with E-state index in [4.69, 9.17) is 10.8 Å². The molecule has 1 atom stereocenters.